The lowest BCUT2D eigenvalue weighted by Crippen LogP contribution is -2.34. The van der Waals surface area contributed by atoms with Crippen molar-refractivity contribution in [1.29, 1.82) is 0 Å². The summed E-state index contributed by atoms with van der Waals surface area (Å²) in [5, 5.41) is 2.06. The molecule has 1 aromatic heterocycles. The van der Waals surface area contributed by atoms with E-state index in [1.165, 1.54) is 0 Å². The third-order valence-electron chi connectivity index (χ3n) is 4.15. The second-order valence-corrected chi connectivity index (χ2v) is 5.72. The topological polar surface area (TPSA) is 51.5 Å². The quantitative estimate of drug-likeness (QED) is 0.671. The second-order valence-electron chi connectivity index (χ2n) is 5.72. The molecule has 0 aliphatic carbocycles. The van der Waals surface area contributed by atoms with Gasteiger partial charge in [0.2, 0.25) is 0 Å². The van der Waals surface area contributed by atoms with E-state index in [1.54, 1.807) is 34.8 Å². The van der Waals surface area contributed by atoms with Gasteiger partial charge in [0.25, 0.3) is 5.91 Å². The normalized spacial score (nSPS) is 10.6. The number of esters is 1. The van der Waals surface area contributed by atoms with Crippen molar-refractivity contribution in [2.45, 2.75) is 6.92 Å². The average Bonchev–Trinajstić information content (AvgIpc) is 3.06. The van der Waals surface area contributed by atoms with Crippen LogP contribution in [-0.4, -0.2) is 29.6 Å². The number of amides is 1. The molecule has 5 heteroatoms. The molecule has 0 fully saturated rings. The zero-order chi connectivity index (χ0) is 17.8. The van der Waals surface area contributed by atoms with E-state index in [0.717, 1.165) is 16.5 Å². The number of aryl methyl sites for hydroxylation is 1. The second kappa shape index (κ2) is 7.21. The number of nitrogens with zero attached hydrogens (tertiary/aromatic N) is 2. The number of benzene rings is 2. The number of rotatable bonds is 5. The molecule has 2 aromatic carbocycles. The SMILES string of the molecule is CCN(C(=O)COC(=O)c1cccn1C)c1cccc2ccccc12. The van der Waals surface area contributed by atoms with E-state index < -0.39 is 5.97 Å². The third kappa shape index (κ3) is 3.40. The molecule has 0 saturated carbocycles. The van der Waals surface area contributed by atoms with Gasteiger partial charge in [0.1, 0.15) is 5.69 Å². The number of ether oxygens (including phenoxy) is 1. The Hall–Kier alpha value is -3.08. The molecule has 0 bridgehead atoms. The summed E-state index contributed by atoms with van der Waals surface area (Å²) in [7, 11) is 1.76. The van der Waals surface area contributed by atoms with Crippen LogP contribution in [0.15, 0.2) is 60.8 Å². The highest BCUT2D eigenvalue weighted by Crippen LogP contribution is 2.26. The molecule has 1 amide bonds. The zero-order valence-electron chi connectivity index (χ0n) is 14.3. The van der Waals surface area contributed by atoms with Crippen LogP contribution >= 0.6 is 0 Å². The first kappa shape index (κ1) is 16.8. The minimum absolute atomic E-state index is 0.249. The number of hydrogen-bond donors (Lipinski definition) is 0. The summed E-state index contributed by atoms with van der Waals surface area (Å²) in [6, 6.07) is 17.1. The van der Waals surface area contributed by atoms with Gasteiger partial charge in [0.05, 0.1) is 5.69 Å². The van der Waals surface area contributed by atoms with Crippen molar-refractivity contribution in [2.24, 2.45) is 7.05 Å². The van der Waals surface area contributed by atoms with Crippen LogP contribution in [-0.2, 0) is 16.6 Å². The van der Waals surface area contributed by atoms with Crippen molar-refractivity contribution in [3.8, 4) is 0 Å². The fraction of sp³-hybridized carbons (Fsp3) is 0.200. The van der Waals surface area contributed by atoms with Crippen LogP contribution in [0, 0.1) is 0 Å². The standard InChI is InChI=1S/C20H20N2O3/c1-3-22(17-11-6-9-15-8-4-5-10-16(15)17)19(23)14-25-20(24)18-12-7-13-21(18)2/h4-13H,3,14H2,1-2H3. The van der Waals surface area contributed by atoms with E-state index in [0.29, 0.717) is 12.2 Å². The average molecular weight is 336 g/mol. The van der Waals surface area contributed by atoms with Gasteiger partial charge < -0.3 is 14.2 Å². The highest BCUT2D eigenvalue weighted by Gasteiger charge is 2.19. The van der Waals surface area contributed by atoms with Gasteiger partial charge in [-0.3, -0.25) is 4.79 Å². The summed E-state index contributed by atoms with van der Waals surface area (Å²) in [6.07, 6.45) is 1.76. The van der Waals surface area contributed by atoms with Crippen LogP contribution in [0.2, 0.25) is 0 Å². The summed E-state index contributed by atoms with van der Waals surface area (Å²) in [5.74, 6) is -0.753. The lowest BCUT2D eigenvalue weighted by atomic mass is 10.1. The summed E-state index contributed by atoms with van der Waals surface area (Å²) in [4.78, 5) is 26.3. The van der Waals surface area contributed by atoms with Gasteiger partial charge in [-0.05, 0) is 30.5 Å². The van der Waals surface area contributed by atoms with Gasteiger partial charge in [-0.25, -0.2) is 4.79 Å². The van der Waals surface area contributed by atoms with E-state index in [9.17, 15) is 9.59 Å². The lowest BCUT2D eigenvalue weighted by Gasteiger charge is -2.22. The molecular weight excluding hydrogens is 316 g/mol. The van der Waals surface area contributed by atoms with Crippen molar-refractivity contribution in [2.75, 3.05) is 18.1 Å². The largest absolute Gasteiger partial charge is 0.451 e. The molecule has 0 unspecified atom stereocenters. The van der Waals surface area contributed by atoms with Gasteiger partial charge in [-0.15, -0.1) is 0 Å². The Labute approximate surface area is 146 Å². The maximum Gasteiger partial charge on any atom is 0.355 e. The Morgan fingerprint density at radius 2 is 1.80 bits per heavy atom. The Kier molecular flexibility index (Phi) is 4.84. The Morgan fingerprint density at radius 3 is 2.52 bits per heavy atom. The summed E-state index contributed by atoms with van der Waals surface area (Å²) in [6.45, 7) is 2.11. The van der Waals surface area contributed by atoms with E-state index in [2.05, 4.69) is 0 Å². The molecule has 1 heterocycles. The van der Waals surface area contributed by atoms with E-state index in [-0.39, 0.29) is 12.5 Å². The fourth-order valence-corrected chi connectivity index (χ4v) is 2.88. The molecule has 3 rings (SSSR count). The van der Waals surface area contributed by atoms with Crippen LogP contribution < -0.4 is 4.90 Å². The minimum atomic E-state index is -0.505. The van der Waals surface area contributed by atoms with Crippen molar-refractivity contribution < 1.29 is 14.3 Å². The fourth-order valence-electron chi connectivity index (χ4n) is 2.88. The van der Waals surface area contributed by atoms with Crippen LogP contribution in [0.1, 0.15) is 17.4 Å². The van der Waals surface area contributed by atoms with E-state index in [4.69, 9.17) is 4.74 Å². The highest BCUT2D eigenvalue weighted by molar-refractivity contribution is 6.04. The van der Waals surface area contributed by atoms with Crippen molar-refractivity contribution in [1.82, 2.24) is 4.57 Å². The van der Waals surface area contributed by atoms with Crippen molar-refractivity contribution in [3.05, 3.63) is 66.5 Å². The molecule has 0 aliphatic heterocycles. The first-order valence-electron chi connectivity index (χ1n) is 8.18. The maximum atomic E-state index is 12.6. The van der Waals surface area contributed by atoms with Gasteiger partial charge in [0, 0.05) is 25.2 Å². The van der Waals surface area contributed by atoms with Crippen LogP contribution in [0.3, 0.4) is 0 Å². The molecule has 0 N–H and O–H groups in total. The first-order valence-corrected chi connectivity index (χ1v) is 8.18. The maximum absolute atomic E-state index is 12.6. The van der Waals surface area contributed by atoms with Crippen LogP contribution in [0.5, 0.6) is 0 Å². The molecule has 25 heavy (non-hydrogen) atoms. The minimum Gasteiger partial charge on any atom is -0.451 e. The van der Waals surface area contributed by atoms with Crippen LogP contribution in [0.4, 0.5) is 5.69 Å². The monoisotopic (exact) mass is 336 g/mol. The number of anilines is 1. The van der Waals surface area contributed by atoms with Gasteiger partial charge in [-0.2, -0.15) is 0 Å². The Bertz CT molecular complexity index is 909. The Morgan fingerprint density at radius 1 is 1.04 bits per heavy atom. The number of carbonyl (C=O) groups excluding carboxylic acids is 2. The zero-order valence-corrected chi connectivity index (χ0v) is 14.3. The molecule has 5 nitrogen and oxygen atoms in total. The number of fused-ring (bicyclic) bond motifs is 1. The Balaban J connectivity index is 1.77. The van der Waals surface area contributed by atoms with Gasteiger partial charge in [-0.1, -0.05) is 36.4 Å². The molecule has 0 saturated heterocycles. The van der Waals surface area contributed by atoms with E-state index in [1.807, 2.05) is 49.4 Å². The molecule has 0 radical (unpaired) electrons. The first-order chi connectivity index (χ1) is 12.1. The molecule has 0 spiro atoms. The van der Waals surface area contributed by atoms with E-state index >= 15 is 0 Å². The van der Waals surface area contributed by atoms with Gasteiger partial charge in [0.15, 0.2) is 6.61 Å². The number of aromatic nitrogens is 1. The summed E-state index contributed by atoms with van der Waals surface area (Å²) in [5.41, 5.74) is 1.24. The smallest absolute Gasteiger partial charge is 0.355 e. The summed E-state index contributed by atoms with van der Waals surface area (Å²) < 4.78 is 6.86. The lowest BCUT2D eigenvalue weighted by molar-refractivity contribution is -0.121. The molecule has 0 atom stereocenters. The molecule has 3 aromatic rings. The van der Waals surface area contributed by atoms with Crippen LogP contribution in [0.25, 0.3) is 10.8 Å². The molecule has 0 aliphatic rings. The predicted octanol–water partition coefficient (Wildman–Crippen LogP) is 3.39. The number of likely N-dealkylation sites (N-methyl/N-ethyl adjacent to an activating group) is 1. The number of carbonyl (C=O) groups is 2. The van der Waals surface area contributed by atoms with Crippen molar-refractivity contribution >= 4 is 28.3 Å². The summed E-state index contributed by atoms with van der Waals surface area (Å²) >= 11 is 0. The molecular formula is C20H20N2O3. The third-order valence-corrected chi connectivity index (χ3v) is 4.15. The molecule has 128 valence electrons. The highest BCUT2D eigenvalue weighted by atomic mass is 16.5. The van der Waals surface area contributed by atoms with Gasteiger partial charge >= 0.3 is 5.97 Å². The predicted molar refractivity (Wildman–Crippen MR) is 97.7 cm³/mol. The van der Waals surface area contributed by atoms with Crippen molar-refractivity contribution in [3.63, 3.8) is 0 Å². The number of hydrogen-bond acceptors (Lipinski definition) is 3.